The average molecular weight is 398 g/mol. The van der Waals surface area contributed by atoms with E-state index in [1.54, 1.807) is 6.07 Å². The van der Waals surface area contributed by atoms with Crippen molar-refractivity contribution in [3.8, 4) is 5.75 Å². The zero-order valence-corrected chi connectivity index (χ0v) is 16.6. The molecule has 0 aliphatic rings. The number of hydrogen-bond acceptors (Lipinski definition) is 6. The third-order valence-corrected chi connectivity index (χ3v) is 5.04. The summed E-state index contributed by atoms with van der Waals surface area (Å²) in [5.74, 6) is -0.879. The van der Waals surface area contributed by atoms with Gasteiger partial charge < -0.3 is 14.8 Å². The Morgan fingerprint density at radius 3 is 2.59 bits per heavy atom. The SMILES string of the molecule is CCCCCNC(=O)COC(=O)/C=C/c1ccc(OC)c(S(=O)(=O)NC)c1. The minimum atomic E-state index is -3.71. The second-order valence-electron chi connectivity index (χ2n) is 5.62. The summed E-state index contributed by atoms with van der Waals surface area (Å²) in [6.07, 6.45) is 5.48. The van der Waals surface area contributed by atoms with Crippen molar-refractivity contribution in [2.24, 2.45) is 0 Å². The van der Waals surface area contributed by atoms with Gasteiger partial charge in [0.2, 0.25) is 10.0 Å². The van der Waals surface area contributed by atoms with Gasteiger partial charge in [-0.2, -0.15) is 0 Å². The topological polar surface area (TPSA) is 111 Å². The van der Waals surface area contributed by atoms with E-state index in [0.717, 1.165) is 25.3 Å². The number of esters is 1. The van der Waals surface area contributed by atoms with Crippen LogP contribution in [0.2, 0.25) is 0 Å². The zero-order chi connectivity index (χ0) is 20.3. The molecule has 0 unspecified atom stereocenters. The van der Waals surface area contributed by atoms with Gasteiger partial charge in [0.1, 0.15) is 10.6 Å². The Kier molecular flexibility index (Phi) is 9.52. The molecule has 8 nitrogen and oxygen atoms in total. The van der Waals surface area contributed by atoms with Gasteiger partial charge in [-0.05, 0) is 37.2 Å². The maximum absolute atomic E-state index is 12.0. The first-order chi connectivity index (χ1) is 12.8. The van der Waals surface area contributed by atoms with Gasteiger partial charge in [-0.1, -0.05) is 25.8 Å². The van der Waals surface area contributed by atoms with Gasteiger partial charge in [0.15, 0.2) is 6.61 Å². The fraction of sp³-hybridized carbons (Fsp3) is 0.444. The Labute approximate surface area is 160 Å². The van der Waals surface area contributed by atoms with Crippen LogP contribution in [0.4, 0.5) is 0 Å². The lowest BCUT2D eigenvalue weighted by Gasteiger charge is -2.09. The van der Waals surface area contributed by atoms with Gasteiger partial charge in [-0.3, -0.25) is 4.79 Å². The van der Waals surface area contributed by atoms with Crippen molar-refractivity contribution in [1.82, 2.24) is 10.0 Å². The number of unbranched alkanes of at least 4 members (excludes halogenated alkanes) is 2. The lowest BCUT2D eigenvalue weighted by atomic mass is 10.2. The number of nitrogens with one attached hydrogen (secondary N) is 2. The van der Waals surface area contributed by atoms with Gasteiger partial charge in [0, 0.05) is 12.6 Å². The highest BCUT2D eigenvalue weighted by molar-refractivity contribution is 7.89. The first-order valence-corrected chi connectivity index (χ1v) is 10.1. The highest BCUT2D eigenvalue weighted by Crippen LogP contribution is 2.25. The molecule has 27 heavy (non-hydrogen) atoms. The minimum Gasteiger partial charge on any atom is -0.495 e. The standard InChI is InChI=1S/C18H26N2O6S/c1-4-5-6-11-20-17(21)13-26-18(22)10-8-14-7-9-15(25-3)16(12-14)27(23,24)19-2/h7-10,12,19H,4-6,11,13H2,1-3H3,(H,20,21)/b10-8+. The second kappa shape index (κ2) is 11.3. The molecule has 2 N–H and O–H groups in total. The molecule has 1 aromatic rings. The number of benzene rings is 1. The van der Waals surface area contributed by atoms with Crippen LogP contribution in [-0.2, 0) is 24.3 Å². The first-order valence-electron chi connectivity index (χ1n) is 8.57. The van der Waals surface area contributed by atoms with Crippen molar-refractivity contribution < 1.29 is 27.5 Å². The third-order valence-electron chi connectivity index (χ3n) is 3.61. The zero-order valence-electron chi connectivity index (χ0n) is 15.8. The molecule has 9 heteroatoms. The van der Waals surface area contributed by atoms with Gasteiger partial charge >= 0.3 is 5.97 Å². The lowest BCUT2D eigenvalue weighted by Crippen LogP contribution is -2.29. The van der Waals surface area contributed by atoms with E-state index < -0.39 is 16.0 Å². The number of carbonyl (C=O) groups excluding carboxylic acids is 2. The normalized spacial score (nSPS) is 11.4. The molecule has 0 radical (unpaired) electrons. The van der Waals surface area contributed by atoms with Crippen LogP contribution in [-0.4, -0.2) is 47.6 Å². The number of amides is 1. The molecule has 0 spiro atoms. The van der Waals surface area contributed by atoms with Crippen molar-refractivity contribution in [3.05, 3.63) is 29.8 Å². The maximum Gasteiger partial charge on any atom is 0.331 e. The first kappa shape index (κ1) is 22.7. The Hall–Kier alpha value is -2.39. The van der Waals surface area contributed by atoms with Gasteiger partial charge in [-0.25, -0.2) is 17.9 Å². The van der Waals surface area contributed by atoms with E-state index in [0.29, 0.717) is 12.1 Å². The summed E-state index contributed by atoms with van der Waals surface area (Å²) in [5, 5.41) is 2.66. The molecule has 0 fully saturated rings. The third kappa shape index (κ3) is 7.79. The van der Waals surface area contributed by atoms with E-state index in [9.17, 15) is 18.0 Å². The van der Waals surface area contributed by atoms with Crippen molar-refractivity contribution in [2.45, 2.75) is 31.1 Å². The summed E-state index contributed by atoms with van der Waals surface area (Å²) in [6.45, 7) is 2.25. The Balaban J connectivity index is 2.65. The second-order valence-corrected chi connectivity index (χ2v) is 7.47. The molecule has 0 aliphatic heterocycles. The molecule has 0 saturated carbocycles. The van der Waals surface area contributed by atoms with E-state index in [4.69, 9.17) is 9.47 Å². The van der Waals surface area contributed by atoms with Crippen molar-refractivity contribution in [2.75, 3.05) is 27.3 Å². The molecular weight excluding hydrogens is 372 g/mol. The van der Waals surface area contributed by atoms with Gasteiger partial charge in [-0.15, -0.1) is 0 Å². The predicted octanol–water partition coefficient (Wildman–Crippen LogP) is 1.47. The summed E-state index contributed by atoms with van der Waals surface area (Å²) in [7, 11) is -1.06. The van der Waals surface area contributed by atoms with Crippen LogP contribution in [0.5, 0.6) is 5.75 Å². The Morgan fingerprint density at radius 1 is 1.22 bits per heavy atom. The molecule has 0 saturated heterocycles. The fourth-order valence-electron chi connectivity index (χ4n) is 2.12. The summed E-state index contributed by atoms with van der Waals surface area (Å²) < 4.78 is 36.2. The highest BCUT2D eigenvalue weighted by atomic mass is 32.2. The van der Waals surface area contributed by atoms with Crippen LogP contribution in [0.1, 0.15) is 31.7 Å². The van der Waals surface area contributed by atoms with Crippen molar-refractivity contribution in [1.29, 1.82) is 0 Å². The number of methoxy groups -OCH3 is 1. The van der Waals surface area contributed by atoms with Crippen LogP contribution in [0.3, 0.4) is 0 Å². The minimum absolute atomic E-state index is 0.0468. The molecule has 1 amide bonds. The molecule has 0 heterocycles. The van der Waals surface area contributed by atoms with E-state index >= 15 is 0 Å². The molecule has 150 valence electrons. The van der Waals surface area contributed by atoms with E-state index in [-0.39, 0.29) is 23.2 Å². The number of sulfonamides is 1. The summed E-state index contributed by atoms with van der Waals surface area (Å²) in [6, 6.07) is 4.45. The molecule has 0 aliphatic carbocycles. The average Bonchev–Trinajstić information content (AvgIpc) is 2.67. The molecule has 1 aromatic carbocycles. The number of ether oxygens (including phenoxy) is 2. The monoisotopic (exact) mass is 398 g/mol. The number of carbonyl (C=O) groups is 2. The summed E-state index contributed by atoms with van der Waals surface area (Å²) in [4.78, 5) is 23.2. The molecule has 0 atom stereocenters. The van der Waals surface area contributed by atoms with Crippen molar-refractivity contribution in [3.63, 3.8) is 0 Å². The Bertz CT molecular complexity index is 774. The largest absolute Gasteiger partial charge is 0.495 e. The number of rotatable bonds is 11. The molecule has 0 aromatic heterocycles. The smallest absolute Gasteiger partial charge is 0.331 e. The number of hydrogen-bond donors (Lipinski definition) is 2. The molecule has 0 bridgehead atoms. The predicted molar refractivity (Wildman–Crippen MR) is 102 cm³/mol. The summed E-state index contributed by atoms with van der Waals surface area (Å²) >= 11 is 0. The van der Waals surface area contributed by atoms with Crippen LogP contribution in [0, 0.1) is 0 Å². The quantitative estimate of drug-likeness (QED) is 0.332. The van der Waals surface area contributed by atoms with Crippen LogP contribution >= 0.6 is 0 Å². The highest BCUT2D eigenvalue weighted by Gasteiger charge is 2.17. The van der Waals surface area contributed by atoms with Crippen molar-refractivity contribution >= 4 is 28.0 Å². The van der Waals surface area contributed by atoms with Crippen LogP contribution in [0.15, 0.2) is 29.2 Å². The maximum atomic E-state index is 12.0. The Morgan fingerprint density at radius 2 is 1.96 bits per heavy atom. The van der Waals surface area contributed by atoms with Crippen LogP contribution in [0.25, 0.3) is 6.08 Å². The molecule has 1 rings (SSSR count). The summed E-state index contributed by atoms with van der Waals surface area (Å²) in [5.41, 5.74) is 0.464. The lowest BCUT2D eigenvalue weighted by molar-refractivity contribution is -0.143. The van der Waals surface area contributed by atoms with Gasteiger partial charge in [0.05, 0.1) is 7.11 Å². The van der Waals surface area contributed by atoms with E-state index in [1.807, 2.05) is 0 Å². The van der Waals surface area contributed by atoms with E-state index in [2.05, 4.69) is 17.0 Å². The van der Waals surface area contributed by atoms with Gasteiger partial charge in [0.25, 0.3) is 5.91 Å². The molecular formula is C18H26N2O6S. The van der Waals surface area contributed by atoms with E-state index in [1.165, 1.54) is 32.4 Å². The fourth-order valence-corrected chi connectivity index (χ4v) is 3.05. The van der Waals surface area contributed by atoms with Crippen LogP contribution < -0.4 is 14.8 Å².